The number of hydrogen-bond acceptors (Lipinski definition) is 3. The zero-order chi connectivity index (χ0) is 16.6. The Balaban J connectivity index is 2.09. The molecule has 0 aliphatic heterocycles. The Morgan fingerprint density at radius 1 is 1.43 bits per heavy atom. The van der Waals surface area contributed by atoms with Crippen molar-refractivity contribution in [3.63, 3.8) is 0 Å². The van der Waals surface area contributed by atoms with E-state index in [2.05, 4.69) is 26.3 Å². The maximum atomic E-state index is 14.0. The second-order valence-electron chi connectivity index (χ2n) is 5.17. The number of primary amides is 1. The minimum atomic E-state index is -0.597. The molecule has 1 amide bonds. The summed E-state index contributed by atoms with van der Waals surface area (Å²) in [5.74, 6) is -0.907. The van der Waals surface area contributed by atoms with Gasteiger partial charge in [-0.15, -0.1) is 0 Å². The summed E-state index contributed by atoms with van der Waals surface area (Å²) in [7, 11) is 0. The minimum absolute atomic E-state index is 0.256. The summed E-state index contributed by atoms with van der Waals surface area (Å²) < 4.78 is 16.4. The van der Waals surface area contributed by atoms with Crippen LogP contribution in [0.1, 0.15) is 28.9 Å². The molecule has 0 spiro atoms. The molecule has 2 heterocycles. The monoisotopic (exact) mass is 376 g/mol. The standard InChI is InChI=1S/C16H14BrFN4O/c1-9(11-4-2-3-5-13(11)18)21-15-12(16(19)23)7-20-22-8-10(17)6-14(15)22/h2-9,21H,1H3,(H2,19,23). The summed E-state index contributed by atoms with van der Waals surface area (Å²) in [5.41, 5.74) is 7.40. The van der Waals surface area contributed by atoms with Gasteiger partial charge in [-0.05, 0) is 35.0 Å². The van der Waals surface area contributed by atoms with Crippen molar-refractivity contribution in [3.05, 3.63) is 64.1 Å². The van der Waals surface area contributed by atoms with Gasteiger partial charge in [0.2, 0.25) is 0 Å². The molecular formula is C16H14BrFN4O. The van der Waals surface area contributed by atoms with Crippen LogP contribution in [0.3, 0.4) is 0 Å². The van der Waals surface area contributed by atoms with Crippen LogP contribution in [0.5, 0.6) is 0 Å². The predicted octanol–water partition coefficient (Wildman–Crippen LogP) is 3.51. The molecule has 3 N–H and O–H groups in total. The molecule has 0 fully saturated rings. The van der Waals surface area contributed by atoms with Crippen LogP contribution in [0.2, 0.25) is 0 Å². The van der Waals surface area contributed by atoms with Crippen LogP contribution in [0.25, 0.3) is 5.52 Å². The molecule has 0 saturated heterocycles. The normalized spacial score (nSPS) is 12.3. The van der Waals surface area contributed by atoms with Gasteiger partial charge in [0.1, 0.15) is 5.82 Å². The van der Waals surface area contributed by atoms with Crippen molar-refractivity contribution in [3.8, 4) is 0 Å². The number of carbonyl (C=O) groups excluding carboxylic acids is 1. The predicted molar refractivity (Wildman–Crippen MR) is 89.8 cm³/mol. The van der Waals surface area contributed by atoms with Gasteiger partial charge in [0.05, 0.1) is 29.0 Å². The highest BCUT2D eigenvalue weighted by molar-refractivity contribution is 9.10. The number of amides is 1. The number of fused-ring (bicyclic) bond motifs is 1. The third-order valence-corrected chi connectivity index (χ3v) is 4.04. The van der Waals surface area contributed by atoms with E-state index in [1.54, 1.807) is 28.9 Å². The van der Waals surface area contributed by atoms with Crippen LogP contribution in [0.4, 0.5) is 10.1 Å². The first kappa shape index (κ1) is 15.5. The van der Waals surface area contributed by atoms with Gasteiger partial charge < -0.3 is 11.1 Å². The molecule has 0 bridgehead atoms. The number of nitrogens with one attached hydrogen (secondary N) is 1. The fourth-order valence-electron chi connectivity index (χ4n) is 2.48. The molecule has 23 heavy (non-hydrogen) atoms. The molecule has 0 aliphatic carbocycles. The lowest BCUT2D eigenvalue weighted by atomic mass is 10.1. The maximum Gasteiger partial charge on any atom is 0.252 e. The van der Waals surface area contributed by atoms with E-state index in [1.165, 1.54) is 12.3 Å². The van der Waals surface area contributed by atoms with E-state index in [1.807, 2.05) is 13.0 Å². The van der Waals surface area contributed by atoms with Crippen molar-refractivity contribution < 1.29 is 9.18 Å². The Morgan fingerprint density at radius 3 is 2.87 bits per heavy atom. The van der Waals surface area contributed by atoms with E-state index < -0.39 is 5.91 Å². The Kier molecular flexibility index (Phi) is 4.04. The maximum absolute atomic E-state index is 14.0. The van der Waals surface area contributed by atoms with Crippen molar-refractivity contribution in [1.29, 1.82) is 0 Å². The summed E-state index contributed by atoms with van der Waals surface area (Å²) >= 11 is 3.38. The molecule has 7 heteroatoms. The quantitative estimate of drug-likeness (QED) is 0.731. The lowest BCUT2D eigenvalue weighted by molar-refractivity contribution is 0.100. The number of hydrogen-bond donors (Lipinski definition) is 2. The molecular weight excluding hydrogens is 363 g/mol. The van der Waals surface area contributed by atoms with Gasteiger partial charge in [-0.3, -0.25) is 4.79 Å². The Labute approximate surface area is 140 Å². The summed E-state index contributed by atoms with van der Waals surface area (Å²) in [5, 5.41) is 7.34. The van der Waals surface area contributed by atoms with Gasteiger partial charge in [-0.25, -0.2) is 8.91 Å². The van der Waals surface area contributed by atoms with Crippen LogP contribution >= 0.6 is 15.9 Å². The SMILES string of the molecule is CC(Nc1c(C(N)=O)cnn2cc(Br)cc12)c1ccccc1F. The topological polar surface area (TPSA) is 72.4 Å². The third-order valence-electron chi connectivity index (χ3n) is 3.60. The highest BCUT2D eigenvalue weighted by Crippen LogP contribution is 2.29. The molecule has 0 aliphatic rings. The first-order valence-electron chi connectivity index (χ1n) is 6.95. The Hall–Kier alpha value is -2.41. The third kappa shape index (κ3) is 2.92. The molecule has 1 unspecified atom stereocenters. The number of carbonyl (C=O) groups is 1. The summed E-state index contributed by atoms with van der Waals surface area (Å²) in [4.78, 5) is 11.7. The minimum Gasteiger partial charge on any atom is -0.376 e. The van der Waals surface area contributed by atoms with Crippen molar-refractivity contribution >= 4 is 33.0 Å². The van der Waals surface area contributed by atoms with Crippen molar-refractivity contribution in [2.75, 3.05) is 5.32 Å². The van der Waals surface area contributed by atoms with Gasteiger partial charge >= 0.3 is 0 Å². The van der Waals surface area contributed by atoms with E-state index >= 15 is 0 Å². The number of benzene rings is 1. The molecule has 1 atom stereocenters. The molecule has 118 valence electrons. The first-order valence-corrected chi connectivity index (χ1v) is 7.74. The lowest BCUT2D eigenvalue weighted by Gasteiger charge is -2.19. The van der Waals surface area contributed by atoms with Crippen LogP contribution in [-0.2, 0) is 0 Å². The Morgan fingerprint density at radius 2 is 2.17 bits per heavy atom. The zero-order valence-corrected chi connectivity index (χ0v) is 13.8. The van der Waals surface area contributed by atoms with Crippen molar-refractivity contribution in [2.24, 2.45) is 5.73 Å². The number of aromatic nitrogens is 2. The number of anilines is 1. The highest BCUT2D eigenvalue weighted by Gasteiger charge is 2.18. The average molecular weight is 377 g/mol. The average Bonchev–Trinajstić information content (AvgIpc) is 2.88. The summed E-state index contributed by atoms with van der Waals surface area (Å²) in [6.45, 7) is 1.82. The lowest BCUT2D eigenvalue weighted by Crippen LogP contribution is -2.18. The van der Waals surface area contributed by atoms with E-state index in [-0.39, 0.29) is 17.4 Å². The second kappa shape index (κ2) is 6.00. The van der Waals surface area contributed by atoms with E-state index in [0.29, 0.717) is 16.8 Å². The zero-order valence-electron chi connectivity index (χ0n) is 12.3. The molecule has 0 saturated carbocycles. The van der Waals surface area contributed by atoms with Crippen LogP contribution < -0.4 is 11.1 Å². The fraction of sp³-hybridized carbons (Fsp3) is 0.125. The smallest absolute Gasteiger partial charge is 0.252 e. The first-order chi connectivity index (χ1) is 11.0. The van der Waals surface area contributed by atoms with E-state index in [0.717, 1.165) is 4.47 Å². The van der Waals surface area contributed by atoms with Gasteiger partial charge in [-0.2, -0.15) is 5.10 Å². The van der Waals surface area contributed by atoms with Crippen LogP contribution in [-0.4, -0.2) is 15.5 Å². The van der Waals surface area contributed by atoms with E-state index in [9.17, 15) is 9.18 Å². The molecule has 3 rings (SSSR count). The summed E-state index contributed by atoms with van der Waals surface area (Å²) in [6, 6.07) is 7.96. The molecule has 1 aromatic carbocycles. The second-order valence-corrected chi connectivity index (χ2v) is 6.09. The van der Waals surface area contributed by atoms with Crippen LogP contribution in [0.15, 0.2) is 47.2 Å². The molecule has 5 nitrogen and oxygen atoms in total. The van der Waals surface area contributed by atoms with Crippen LogP contribution in [0, 0.1) is 5.82 Å². The van der Waals surface area contributed by atoms with Gasteiger partial charge in [-0.1, -0.05) is 18.2 Å². The molecule has 2 aromatic heterocycles. The van der Waals surface area contributed by atoms with E-state index in [4.69, 9.17) is 5.73 Å². The fourth-order valence-corrected chi connectivity index (χ4v) is 2.89. The number of nitrogens with zero attached hydrogens (tertiary/aromatic N) is 2. The van der Waals surface area contributed by atoms with Gasteiger partial charge in [0.25, 0.3) is 5.91 Å². The number of nitrogens with two attached hydrogens (primary N) is 1. The molecule has 0 radical (unpaired) electrons. The summed E-state index contributed by atoms with van der Waals surface area (Å²) in [6.07, 6.45) is 3.16. The largest absolute Gasteiger partial charge is 0.376 e. The van der Waals surface area contributed by atoms with Crippen molar-refractivity contribution in [2.45, 2.75) is 13.0 Å². The molecule has 3 aromatic rings. The number of rotatable bonds is 4. The number of halogens is 2. The van der Waals surface area contributed by atoms with Crippen molar-refractivity contribution in [1.82, 2.24) is 9.61 Å². The van der Waals surface area contributed by atoms with Gasteiger partial charge in [0.15, 0.2) is 0 Å². The van der Waals surface area contributed by atoms with Gasteiger partial charge in [0, 0.05) is 16.2 Å². The highest BCUT2D eigenvalue weighted by atomic mass is 79.9. The Bertz CT molecular complexity index is 893.